The monoisotopic (exact) mass is 428 g/mol. The Morgan fingerprint density at radius 2 is 1.87 bits per heavy atom. The first kappa shape index (κ1) is 22.2. The van der Waals surface area contributed by atoms with E-state index in [1.165, 1.54) is 7.11 Å². The molecule has 160 valence electrons. The number of methoxy groups -OCH3 is 1. The summed E-state index contributed by atoms with van der Waals surface area (Å²) < 4.78 is 10.7. The molecule has 3 rings (SSSR count). The predicted molar refractivity (Wildman–Crippen MR) is 119 cm³/mol. The van der Waals surface area contributed by atoms with E-state index in [-0.39, 0.29) is 19.1 Å². The summed E-state index contributed by atoms with van der Waals surface area (Å²) >= 11 is 1.78. The zero-order valence-electron chi connectivity index (χ0n) is 17.6. The highest BCUT2D eigenvalue weighted by Crippen LogP contribution is 2.37. The standard InChI is InChI=1S/C23H28N2O4S/c1-17-13-14-25(19-11-7-8-12-20(19)30-17)21(26)15-24-23(2,22(27)28-3)16-29-18-9-5-4-6-10-18/h4-12,17,24H,13-16H2,1-3H3. The second kappa shape index (κ2) is 10.00. The van der Waals surface area contributed by atoms with E-state index in [0.29, 0.717) is 17.5 Å². The van der Waals surface area contributed by atoms with E-state index in [4.69, 9.17) is 9.47 Å². The van der Waals surface area contributed by atoms with Crippen molar-refractivity contribution in [1.29, 1.82) is 0 Å². The third-order valence-electron chi connectivity index (χ3n) is 5.08. The van der Waals surface area contributed by atoms with Crippen molar-refractivity contribution in [2.75, 3.05) is 31.7 Å². The summed E-state index contributed by atoms with van der Waals surface area (Å²) in [6, 6.07) is 17.2. The minimum Gasteiger partial charge on any atom is -0.491 e. The van der Waals surface area contributed by atoms with Crippen molar-refractivity contribution in [3.63, 3.8) is 0 Å². The van der Waals surface area contributed by atoms with Gasteiger partial charge in [-0.05, 0) is 37.6 Å². The predicted octanol–water partition coefficient (Wildman–Crippen LogP) is 3.50. The Bertz CT molecular complexity index is 877. The van der Waals surface area contributed by atoms with Crippen LogP contribution < -0.4 is 15.0 Å². The summed E-state index contributed by atoms with van der Waals surface area (Å²) in [5.74, 6) is 0.0758. The van der Waals surface area contributed by atoms with Gasteiger partial charge in [-0.25, -0.2) is 4.79 Å². The Labute approximate surface area is 181 Å². The van der Waals surface area contributed by atoms with Crippen molar-refractivity contribution >= 4 is 29.3 Å². The second-order valence-corrected chi connectivity index (χ2v) is 8.99. The number of benzene rings is 2. The molecule has 30 heavy (non-hydrogen) atoms. The molecule has 1 aliphatic rings. The van der Waals surface area contributed by atoms with Gasteiger partial charge in [-0.15, -0.1) is 11.8 Å². The van der Waals surface area contributed by atoms with Crippen molar-refractivity contribution in [2.24, 2.45) is 0 Å². The molecule has 2 unspecified atom stereocenters. The summed E-state index contributed by atoms with van der Waals surface area (Å²) in [6.07, 6.45) is 0.899. The fourth-order valence-electron chi connectivity index (χ4n) is 3.26. The number of rotatable bonds is 7. The van der Waals surface area contributed by atoms with E-state index < -0.39 is 11.5 Å². The number of nitrogens with zero attached hydrogens (tertiary/aromatic N) is 1. The van der Waals surface area contributed by atoms with Crippen LogP contribution in [0.4, 0.5) is 5.69 Å². The van der Waals surface area contributed by atoms with E-state index in [2.05, 4.69) is 12.2 Å². The zero-order valence-corrected chi connectivity index (χ0v) is 18.4. The van der Waals surface area contributed by atoms with Gasteiger partial charge >= 0.3 is 5.97 Å². The molecule has 7 heteroatoms. The summed E-state index contributed by atoms with van der Waals surface area (Å²) in [7, 11) is 1.33. The fraction of sp³-hybridized carbons (Fsp3) is 0.391. The third-order valence-corrected chi connectivity index (χ3v) is 6.32. The van der Waals surface area contributed by atoms with E-state index >= 15 is 0 Å². The molecular weight excluding hydrogens is 400 g/mol. The Kier molecular flexibility index (Phi) is 7.39. The lowest BCUT2D eigenvalue weighted by molar-refractivity contribution is -0.149. The Morgan fingerprint density at radius 3 is 2.60 bits per heavy atom. The highest BCUT2D eigenvalue weighted by atomic mass is 32.2. The van der Waals surface area contributed by atoms with E-state index in [1.54, 1.807) is 23.6 Å². The third kappa shape index (κ3) is 5.34. The Morgan fingerprint density at radius 1 is 1.17 bits per heavy atom. The number of esters is 1. The van der Waals surface area contributed by atoms with Crippen LogP contribution in [0, 0.1) is 0 Å². The molecule has 0 radical (unpaired) electrons. The maximum absolute atomic E-state index is 13.1. The Balaban J connectivity index is 1.70. The molecule has 1 aliphatic heterocycles. The van der Waals surface area contributed by atoms with Gasteiger partial charge in [0.25, 0.3) is 0 Å². The molecule has 2 aromatic rings. The van der Waals surface area contributed by atoms with Crippen LogP contribution in [0.15, 0.2) is 59.5 Å². The molecule has 2 atom stereocenters. The van der Waals surface area contributed by atoms with Crippen LogP contribution >= 0.6 is 11.8 Å². The molecule has 0 bridgehead atoms. The Hall–Kier alpha value is -2.51. The van der Waals surface area contributed by atoms with Gasteiger partial charge < -0.3 is 14.4 Å². The lowest BCUT2D eigenvalue weighted by atomic mass is 10.0. The molecule has 6 nitrogen and oxygen atoms in total. The summed E-state index contributed by atoms with van der Waals surface area (Å²) in [5, 5.41) is 3.51. The molecule has 0 aromatic heterocycles. The molecule has 1 amide bonds. The van der Waals surface area contributed by atoms with Crippen molar-refractivity contribution in [1.82, 2.24) is 5.32 Å². The molecule has 0 spiro atoms. The maximum atomic E-state index is 13.1. The van der Waals surface area contributed by atoms with Gasteiger partial charge in [-0.3, -0.25) is 10.1 Å². The van der Waals surface area contributed by atoms with Crippen molar-refractivity contribution in [2.45, 2.75) is 36.0 Å². The van der Waals surface area contributed by atoms with Crippen LogP contribution in [-0.4, -0.2) is 49.5 Å². The van der Waals surface area contributed by atoms with E-state index in [1.807, 2.05) is 54.6 Å². The first-order chi connectivity index (χ1) is 14.4. The normalized spacial score (nSPS) is 18.0. The van der Waals surface area contributed by atoms with Crippen LogP contribution in [0.1, 0.15) is 20.3 Å². The van der Waals surface area contributed by atoms with Gasteiger partial charge in [0.2, 0.25) is 5.91 Å². The fourth-order valence-corrected chi connectivity index (χ4v) is 4.38. The zero-order chi connectivity index (χ0) is 21.6. The van der Waals surface area contributed by atoms with Gasteiger partial charge in [0.05, 0.1) is 19.3 Å². The highest BCUT2D eigenvalue weighted by molar-refractivity contribution is 8.00. The number of carbonyl (C=O) groups excluding carboxylic acids is 2. The van der Waals surface area contributed by atoms with Crippen molar-refractivity contribution < 1.29 is 19.1 Å². The summed E-state index contributed by atoms with van der Waals surface area (Å²) in [6.45, 7) is 4.53. The molecule has 2 aromatic carbocycles. The number of fused-ring (bicyclic) bond motifs is 1. The smallest absolute Gasteiger partial charge is 0.329 e. The first-order valence-electron chi connectivity index (χ1n) is 10.0. The molecule has 1 N–H and O–H groups in total. The molecule has 1 heterocycles. The van der Waals surface area contributed by atoms with Gasteiger partial charge in [-0.2, -0.15) is 0 Å². The van der Waals surface area contributed by atoms with Crippen LogP contribution in [0.25, 0.3) is 0 Å². The van der Waals surface area contributed by atoms with Gasteiger partial charge in [0.1, 0.15) is 17.9 Å². The van der Waals surface area contributed by atoms with Gasteiger partial charge in [-0.1, -0.05) is 37.3 Å². The molecule has 0 fully saturated rings. The minimum atomic E-state index is -1.16. The summed E-state index contributed by atoms with van der Waals surface area (Å²) in [5.41, 5.74) is -0.243. The maximum Gasteiger partial charge on any atom is 0.329 e. The lowest BCUT2D eigenvalue weighted by Gasteiger charge is -2.29. The van der Waals surface area contributed by atoms with E-state index in [9.17, 15) is 9.59 Å². The van der Waals surface area contributed by atoms with Gasteiger partial charge in [0.15, 0.2) is 0 Å². The quantitative estimate of drug-likeness (QED) is 0.681. The van der Waals surface area contributed by atoms with Gasteiger partial charge in [0, 0.05) is 16.7 Å². The number of hydrogen-bond acceptors (Lipinski definition) is 6. The largest absolute Gasteiger partial charge is 0.491 e. The second-order valence-electron chi connectivity index (χ2n) is 7.51. The number of anilines is 1. The molecule has 0 saturated heterocycles. The van der Waals surface area contributed by atoms with Crippen molar-refractivity contribution in [3.8, 4) is 5.75 Å². The molecule has 0 saturated carbocycles. The SMILES string of the molecule is COC(=O)C(C)(COc1ccccc1)NCC(=O)N1CCC(C)Sc2ccccc21. The summed E-state index contributed by atoms with van der Waals surface area (Å²) in [4.78, 5) is 28.5. The van der Waals surface area contributed by atoms with Crippen molar-refractivity contribution in [3.05, 3.63) is 54.6 Å². The van der Waals surface area contributed by atoms with Crippen LogP contribution in [-0.2, 0) is 14.3 Å². The van der Waals surface area contributed by atoms with Crippen LogP contribution in [0.2, 0.25) is 0 Å². The number of hydrogen-bond donors (Lipinski definition) is 1. The van der Waals surface area contributed by atoms with E-state index in [0.717, 1.165) is 17.0 Å². The lowest BCUT2D eigenvalue weighted by Crippen LogP contribution is -2.57. The van der Waals surface area contributed by atoms with Crippen LogP contribution in [0.3, 0.4) is 0 Å². The highest BCUT2D eigenvalue weighted by Gasteiger charge is 2.36. The number of carbonyl (C=O) groups is 2. The minimum absolute atomic E-state index is 0.00285. The number of para-hydroxylation sites is 2. The molecular formula is C23H28N2O4S. The number of thioether (sulfide) groups is 1. The molecule has 0 aliphatic carbocycles. The first-order valence-corrected chi connectivity index (χ1v) is 10.9. The topological polar surface area (TPSA) is 67.9 Å². The average Bonchev–Trinajstić information content (AvgIpc) is 2.94. The average molecular weight is 429 g/mol. The van der Waals surface area contributed by atoms with Crippen LogP contribution in [0.5, 0.6) is 5.75 Å². The number of nitrogens with one attached hydrogen (secondary N) is 1. The number of amides is 1. The number of ether oxygens (including phenoxy) is 2.